The van der Waals surface area contributed by atoms with Gasteiger partial charge in [0.15, 0.2) is 0 Å². The van der Waals surface area contributed by atoms with Crippen molar-refractivity contribution in [3.8, 4) is 0 Å². The summed E-state index contributed by atoms with van der Waals surface area (Å²) in [4.78, 5) is 4.46. The first-order valence-electron chi connectivity index (χ1n) is 6.30. The maximum Gasteiger partial charge on any atom is 0.0606 e. The molecular weight excluding hydrogens is 220 g/mol. The molecule has 0 unspecified atom stereocenters. The van der Waals surface area contributed by atoms with Gasteiger partial charge >= 0.3 is 0 Å². The molecule has 0 aliphatic carbocycles. The molecule has 0 aliphatic rings. The lowest BCUT2D eigenvalue weighted by atomic mass is 10.1. The van der Waals surface area contributed by atoms with E-state index in [4.69, 9.17) is 0 Å². The molecule has 0 saturated heterocycles. The SMILES string of the molecule is Cc1ccc(NCc2ccc(C)c(C)c2)c(C)n1. The van der Waals surface area contributed by atoms with E-state index in [0.717, 1.165) is 23.6 Å². The molecule has 2 rings (SSSR count). The Morgan fingerprint density at radius 1 is 0.944 bits per heavy atom. The average Bonchev–Trinajstić information content (AvgIpc) is 2.32. The fraction of sp³-hybridized carbons (Fsp3) is 0.312. The van der Waals surface area contributed by atoms with Crippen LogP contribution in [0, 0.1) is 27.7 Å². The number of hydrogen-bond acceptors (Lipinski definition) is 2. The summed E-state index contributed by atoms with van der Waals surface area (Å²) in [6.07, 6.45) is 0. The van der Waals surface area contributed by atoms with E-state index in [1.54, 1.807) is 0 Å². The number of nitrogens with zero attached hydrogens (tertiary/aromatic N) is 1. The lowest BCUT2D eigenvalue weighted by molar-refractivity contribution is 1.07. The van der Waals surface area contributed by atoms with Crippen LogP contribution in [0.5, 0.6) is 0 Å². The first kappa shape index (κ1) is 12.6. The Hall–Kier alpha value is -1.83. The predicted octanol–water partition coefficient (Wildman–Crippen LogP) is 3.93. The van der Waals surface area contributed by atoms with Gasteiger partial charge in [0.1, 0.15) is 0 Å². The molecule has 1 heterocycles. The fourth-order valence-corrected chi connectivity index (χ4v) is 1.98. The van der Waals surface area contributed by atoms with Gasteiger partial charge < -0.3 is 5.32 Å². The molecule has 0 aliphatic heterocycles. The van der Waals surface area contributed by atoms with Crippen molar-refractivity contribution in [1.82, 2.24) is 4.98 Å². The number of aryl methyl sites for hydroxylation is 4. The van der Waals surface area contributed by atoms with Crippen LogP contribution in [0.3, 0.4) is 0 Å². The molecule has 2 aromatic rings. The molecule has 2 heteroatoms. The summed E-state index contributed by atoms with van der Waals surface area (Å²) in [5.74, 6) is 0. The molecule has 0 saturated carbocycles. The zero-order chi connectivity index (χ0) is 13.1. The van der Waals surface area contributed by atoms with Crippen LogP contribution in [-0.4, -0.2) is 4.98 Å². The molecule has 0 fully saturated rings. The van der Waals surface area contributed by atoms with Crippen molar-refractivity contribution in [3.63, 3.8) is 0 Å². The predicted molar refractivity (Wildman–Crippen MR) is 77.0 cm³/mol. The van der Waals surface area contributed by atoms with E-state index < -0.39 is 0 Å². The van der Waals surface area contributed by atoms with Gasteiger partial charge in [-0.15, -0.1) is 0 Å². The van der Waals surface area contributed by atoms with Crippen LogP contribution in [0.1, 0.15) is 28.1 Å². The van der Waals surface area contributed by atoms with Crippen molar-refractivity contribution < 1.29 is 0 Å². The van der Waals surface area contributed by atoms with Crippen LogP contribution in [0.2, 0.25) is 0 Å². The molecule has 1 aromatic heterocycles. The van der Waals surface area contributed by atoms with Gasteiger partial charge in [-0.3, -0.25) is 4.98 Å². The van der Waals surface area contributed by atoms with Gasteiger partial charge in [0.05, 0.1) is 11.4 Å². The molecule has 0 spiro atoms. The quantitative estimate of drug-likeness (QED) is 0.879. The van der Waals surface area contributed by atoms with Gasteiger partial charge in [-0.25, -0.2) is 0 Å². The van der Waals surface area contributed by atoms with Crippen LogP contribution in [-0.2, 0) is 6.54 Å². The minimum Gasteiger partial charge on any atom is -0.380 e. The second-order valence-corrected chi connectivity index (χ2v) is 4.86. The van der Waals surface area contributed by atoms with E-state index >= 15 is 0 Å². The monoisotopic (exact) mass is 240 g/mol. The van der Waals surface area contributed by atoms with Crippen molar-refractivity contribution in [2.75, 3.05) is 5.32 Å². The Kier molecular flexibility index (Phi) is 3.66. The molecular formula is C16H20N2. The highest BCUT2D eigenvalue weighted by Crippen LogP contribution is 2.15. The third-order valence-electron chi connectivity index (χ3n) is 3.28. The lowest BCUT2D eigenvalue weighted by Crippen LogP contribution is -2.03. The standard InChI is InChI=1S/C16H20N2/c1-11-5-7-15(9-12(11)2)10-17-16-8-6-13(3)18-14(16)4/h5-9,17H,10H2,1-4H3. The zero-order valence-corrected chi connectivity index (χ0v) is 11.5. The van der Waals surface area contributed by atoms with Crippen LogP contribution < -0.4 is 5.32 Å². The Balaban J connectivity index is 2.09. The second-order valence-electron chi connectivity index (χ2n) is 4.86. The topological polar surface area (TPSA) is 24.9 Å². The van der Waals surface area contributed by atoms with Crippen LogP contribution in [0.15, 0.2) is 30.3 Å². The third-order valence-corrected chi connectivity index (χ3v) is 3.28. The molecule has 0 radical (unpaired) electrons. The summed E-state index contributed by atoms with van der Waals surface area (Å²) in [6, 6.07) is 10.7. The van der Waals surface area contributed by atoms with Crippen molar-refractivity contribution in [1.29, 1.82) is 0 Å². The summed E-state index contributed by atoms with van der Waals surface area (Å²) in [5, 5.41) is 3.44. The molecule has 94 valence electrons. The number of pyridine rings is 1. The smallest absolute Gasteiger partial charge is 0.0606 e. The number of rotatable bonds is 3. The van der Waals surface area contributed by atoms with Gasteiger partial charge in [0.2, 0.25) is 0 Å². The molecule has 0 atom stereocenters. The Morgan fingerprint density at radius 3 is 2.39 bits per heavy atom. The maximum atomic E-state index is 4.46. The summed E-state index contributed by atoms with van der Waals surface area (Å²) in [6.45, 7) is 9.18. The van der Waals surface area contributed by atoms with E-state index in [0.29, 0.717) is 0 Å². The van der Waals surface area contributed by atoms with Gasteiger partial charge in [0, 0.05) is 12.2 Å². The Labute approximate surface area is 109 Å². The molecule has 1 aromatic carbocycles. The van der Waals surface area contributed by atoms with Gasteiger partial charge in [-0.1, -0.05) is 18.2 Å². The number of benzene rings is 1. The van der Waals surface area contributed by atoms with Crippen LogP contribution >= 0.6 is 0 Å². The highest BCUT2D eigenvalue weighted by molar-refractivity contribution is 5.48. The highest BCUT2D eigenvalue weighted by Gasteiger charge is 2.00. The second kappa shape index (κ2) is 5.21. The van der Waals surface area contributed by atoms with E-state index in [2.05, 4.69) is 48.4 Å². The van der Waals surface area contributed by atoms with E-state index in [1.165, 1.54) is 16.7 Å². The minimum absolute atomic E-state index is 0.840. The number of nitrogens with one attached hydrogen (secondary N) is 1. The van der Waals surface area contributed by atoms with E-state index in [-0.39, 0.29) is 0 Å². The first-order valence-corrected chi connectivity index (χ1v) is 6.30. The van der Waals surface area contributed by atoms with E-state index in [9.17, 15) is 0 Å². The van der Waals surface area contributed by atoms with Crippen LogP contribution in [0.4, 0.5) is 5.69 Å². The van der Waals surface area contributed by atoms with Gasteiger partial charge in [-0.05, 0) is 56.5 Å². The normalized spacial score (nSPS) is 10.4. The maximum absolute atomic E-state index is 4.46. The third kappa shape index (κ3) is 2.89. The fourth-order valence-electron chi connectivity index (χ4n) is 1.98. The summed E-state index contributed by atoms with van der Waals surface area (Å²) in [5.41, 5.74) is 7.21. The molecule has 1 N–H and O–H groups in total. The number of aromatic nitrogens is 1. The first-order chi connectivity index (χ1) is 8.56. The lowest BCUT2D eigenvalue weighted by Gasteiger charge is -2.10. The van der Waals surface area contributed by atoms with Gasteiger partial charge in [-0.2, -0.15) is 0 Å². The van der Waals surface area contributed by atoms with Crippen molar-refractivity contribution in [2.24, 2.45) is 0 Å². The zero-order valence-electron chi connectivity index (χ0n) is 11.5. The summed E-state index contributed by atoms with van der Waals surface area (Å²) >= 11 is 0. The van der Waals surface area contributed by atoms with E-state index in [1.807, 2.05) is 19.9 Å². The average molecular weight is 240 g/mol. The molecule has 0 amide bonds. The number of hydrogen-bond donors (Lipinski definition) is 1. The molecule has 2 nitrogen and oxygen atoms in total. The summed E-state index contributed by atoms with van der Waals surface area (Å²) in [7, 11) is 0. The number of anilines is 1. The van der Waals surface area contributed by atoms with Crippen molar-refractivity contribution in [2.45, 2.75) is 34.2 Å². The largest absolute Gasteiger partial charge is 0.380 e. The highest BCUT2D eigenvalue weighted by atomic mass is 14.9. The Bertz CT molecular complexity index is 559. The van der Waals surface area contributed by atoms with Crippen molar-refractivity contribution in [3.05, 3.63) is 58.4 Å². The summed E-state index contributed by atoms with van der Waals surface area (Å²) < 4.78 is 0. The molecule has 0 bridgehead atoms. The van der Waals surface area contributed by atoms with Gasteiger partial charge in [0.25, 0.3) is 0 Å². The van der Waals surface area contributed by atoms with Crippen LogP contribution in [0.25, 0.3) is 0 Å². The Morgan fingerprint density at radius 2 is 1.72 bits per heavy atom. The van der Waals surface area contributed by atoms with Crippen molar-refractivity contribution >= 4 is 5.69 Å². The minimum atomic E-state index is 0.840. The molecule has 18 heavy (non-hydrogen) atoms.